The first-order chi connectivity index (χ1) is 17.2. The summed E-state index contributed by atoms with van der Waals surface area (Å²) in [6.45, 7) is 7.13. The summed E-state index contributed by atoms with van der Waals surface area (Å²) in [5, 5.41) is 2.68. The van der Waals surface area contributed by atoms with Crippen molar-refractivity contribution in [2.45, 2.75) is 18.7 Å². The molecule has 0 aromatic heterocycles. The van der Waals surface area contributed by atoms with Gasteiger partial charge in [0.25, 0.3) is 15.9 Å². The Morgan fingerprint density at radius 1 is 0.944 bits per heavy atom. The Morgan fingerprint density at radius 2 is 1.64 bits per heavy atom. The van der Waals surface area contributed by atoms with Gasteiger partial charge in [0.2, 0.25) is 5.91 Å². The van der Waals surface area contributed by atoms with Gasteiger partial charge in [-0.2, -0.15) is 0 Å². The first-order valence-corrected chi connectivity index (χ1v) is 12.6. The molecule has 2 amide bonds. The molecule has 188 valence electrons. The molecule has 3 N–H and O–H groups in total. The zero-order chi connectivity index (χ0) is 26.1. The van der Waals surface area contributed by atoms with E-state index in [9.17, 15) is 18.0 Å². The maximum Gasteiger partial charge on any atom is 0.264 e. The molecule has 3 aromatic carbocycles. The molecule has 0 aliphatic rings. The fraction of sp³-hybridized carbons (Fsp3) is 0.154. The molecule has 3 rings (SSSR count). The van der Waals surface area contributed by atoms with Crippen molar-refractivity contribution < 1.29 is 22.7 Å². The molecule has 0 aliphatic heterocycles. The third-order valence-corrected chi connectivity index (χ3v) is 6.73. The number of hydrazine groups is 1. The van der Waals surface area contributed by atoms with Crippen LogP contribution in [0.15, 0.2) is 90.3 Å². The average molecular weight is 509 g/mol. The number of anilines is 2. The number of rotatable bonds is 11. The molecular weight excluding hydrogens is 480 g/mol. The highest BCUT2D eigenvalue weighted by molar-refractivity contribution is 7.92. The number of hydrogen-bond acceptors (Lipinski definition) is 6. The average Bonchev–Trinajstić information content (AvgIpc) is 2.87. The van der Waals surface area contributed by atoms with Gasteiger partial charge >= 0.3 is 0 Å². The minimum absolute atomic E-state index is 0.0545. The first kappa shape index (κ1) is 26.3. The van der Waals surface area contributed by atoms with Crippen molar-refractivity contribution >= 4 is 38.9 Å². The van der Waals surface area contributed by atoms with Gasteiger partial charge in [-0.25, -0.2) is 8.42 Å². The van der Waals surface area contributed by atoms with E-state index < -0.39 is 22.5 Å². The molecule has 0 fully saturated rings. The Balaban J connectivity index is 1.77. The van der Waals surface area contributed by atoms with Crippen LogP contribution in [0.3, 0.4) is 0 Å². The van der Waals surface area contributed by atoms with Gasteiger partial charge in [-0.3, -0.25) is 24.7 Å². The van der Waals surface area contributed by atoms with Crippen LogP contribution in [-0.2, 0) is 19.6 Å². The second-order valence-electron chi connectivity index (χ2n) is 7.67. The summed E-state index contributed by atoms with van der Waals surface area (Å²) in [5.74, 6) is -0.238. The number of carbonyl (C=O) groups excluding carboxylic acids is 2. The van der Waals surface area contributed by atoms with Gasteiger partial charge in [0, 0.05) is 18.2 Å². The summed E-state index contributed by atoms with van der Waals surface area (Å²) < 4.78 is 33.3. The number of nitrogens with zero attached hydrogens (tertiary/aromatic N) is 1. The van der Waals surface area contributed by atoms with Crippen molar-refractivity contribution in [2.24, 2.45) is 0 Å². The highest BCUT2D eigenvalue weighted by atomic mass is 32.2. The molecule has 0 saturated carbocycles. The van der Waals surface area contributed by atoms with Crippen LogP contribution in [0.25, 0.3) is 5.70 Å². The smallest absolute Gasteiger partial charge is 0.264 e. The van der Waals surface area contributed by atoms with E-state index in [-0.39, 0.29) is 10.8 Å². The monoisotopic (exact) mass is 508 g/mol. The maximum atomic E-state index is 13.4. The van der Waals surface area contributed by atoms with Crippen molar-refractivity contribution in [3.8, 4) is 5.75 Å². The SMILES string of the molecule is C=C(NNC(=O)CN(c1ccc(OCC)cc1)S(=O)(=O)c1ccccc1)c1cccc(NC(C)=O)c1. The lowest BCUT2D eigenvalue weighted by Gasteiger charge is -2.24. The van der Waals surface area contributed by atoms with Gasteiger partial charge in [0.1, 0.15) is 12.3 Å². The van der Waals surface area contributed by atoms with E-state index in [1.165, 1.54) is 19.1 Å². The zero-order valence-electron chi connectivity index (χ0n) is 20.0. The molecule has 9 nitrogen and oxygen atoms in total. The van der Waals surface area contributed by atoms with E-state index in [0.29, 0.717) is 35.0 Å². The minimum atomic E-state index is -4.04. The first-order valence-electron chi connectivity index (χ1n) is 11.1. The van der Waals surface area contributed by atoms with Crippen LogP contribution in [0.4, 0.5) is 11.4 Å². The third-order valence-electron chi connectivity index (χ3n) is 4.94. The van der Waals surface area contributed by atoms with Crippen LogP contribution in [0.2, 0.25) is 0 Å². The van der Waals surface area contributed by atoms with Gasteiger partial charge in [-0.05, 0) is 55.5 Å². The fourth-order valence-corrected chi connectivity index (χ4v) is 4.73. The van der Waals surface area contributed by atoms with Gasteiger partial charge in [0.05, 0.1) is 22.9 Å². The van der Waals surface area contributed by atoms with Crippen LogP contribution < -0.4 is 25.2 Å². The van der Waals surface area contributed by atoms with E-state index in [0.717, 1.165) is 4.31 Å². The molecule has 10 heteroatoms. The standard InChI is InChI=1S/C26H28N4O5S/c1-4-35-24-15-13-23(14-16-24)30(36(33,34)25-11-6-5-7-12-25)18-26(32)29-28-19(2)21-9-8-10-22(17-21)27-20(3)31/h5-17,28H,2,4,18H2,1,3H3,(H,27,31)(H,29,32). The molecule has 36 heavy (non-hydrogen) atoms. The second-order valence-corrected chi connectivity index (χ2v) is 9.53. The number of sulfonamides is 1. The Labute approximate surface area is 210 Å². The lowest BCUT2D eigenvalue weighted by Crippen LogP contribution is -2.45. The highest BCUT2D eigenvalue weighted by Crippen LogP contribution is 2.25. The van der Waals surface area contributed by atoms with Crippen molar-refractivity contribution in [3.05, 3.63) is 91.0 Å². The molecule has 3 aromatic rings. The third kappa shape index (κ3) is 6.86. The summed E-state index contributed by atoms with van der Waals surface area (Å²) >= 11 is 0. The molecule has 0 heterocycles. The number of carbonyl (C=O) groups is 2. The summed E-state index contributed by atoms with van der Waals surface area (Å²) in [6, 6.07) is 21.2. The molecule has 0 spiro atoms. The van der Waals surface area contributed by atoms with E-state index in [4.69, 9.17) is 4.74 Å². The van der Waals surface area contributed by atoms with Crippen LogP contribution in [0, 0.1) is 0 Å². The Hall–Kier alpha value is -4.31. The number of hydrogen-bond donors (Lipinski definition) is 3. The normalized spacial score (nSPS) is 10.7. The summed E-state index contributed by atoms with van der Waals surface area (Å²) in [5.41, 5.74) is 7.06. The minimum Gasteiger partial charge on any atom is -0.494 e. The molecule has 0 atom stereocenters. The van der Waals surface area contributed by atoms with Crippen LogP contribution in [-0.4, -0.2) is 33.4 Å². The Kier molecular flexibility index (Phi) is 8.69. The number of amides is 2. The highest BCUT2D eigenvalue weighted by Gasteiger charge is 2.27. The van der Waals surface area contributed by atoms with E-state index in [2.05, 4.69) is 22.7 Å². The van der Waals surface area contributed by atoms with Crippen LogP contribution in [0.5, 0.6) is 5.75 Å². The number of nitrogens with one attached hydrogen (secondary N) is 3. The summed E-state index contributed by atoms with van der Waals surface area (Å²) in [7, 11) is -4.04. The quantitative estimate of drug-likeness (QED) is 0.341. The van der Waals surface area contributed by atoms with Gasteiger partial charge < -0.3 is 10.1 Å². The lowest BCUT2D eigenvalue weighted by atomic mass is 10.1. The van der Waals surface area contributed by atoms with Gasteiger partial charge in [0.15, 0.2) is 0 Å². The van der Waals surface area contributed by atoms with Gasteiger partial charge in [-0.1, -0.05) is 36.9 Å². The zero-order valence-corrected chi connectivity index (χ0v) is 20.8. The van der Waals surface area contributed by atoms with Crippen LogP contribution in [0.1, 0.15) is 19.4 Å². The Bertz CT molecular complexity index is 1330. The van der Waals surface area contributed by atoms with Crippen molar-refractivity contribution in [2.75, 3.05) is 22.8 Å². The molecule has 0 saturated heterocycles. The van der Waals surface area contributed by atoms with Crippen molar-refractivity contribution in [1.29, 1.82) is 0 Å². The van der Waals surface area contributed by atoms with Crippen LogP contribution >= 0.6 is 0 Å². The Morgan fingerprint density at radius 3 is 2.28 bits per heavy atom. The largest absolute Gasteiger partial charge is 0.494 e. The molecule has 0 unspecified atom stereocenters. The van der Waals surface area contributed by atoms with Crippen molar-refractivity contribution in [3.63, 3.8) is 0 Å². The molecule has 0 bridgehead atoms. The van der Waals surface area contributed by atoms with Crippen molar-refractivity contribution in [1.82, 2.24) is 10.9 Å². The fourth-order valence-electron chi connectivity index (χ4n) is 3.29. The predicted octanol–water partition coefficient (Wildman–Crippen LogP) is 3.53. The molecule has 0 aliphatic carbocycles. The molecule has 0 radical (unpaired) electrons. The summed E-state index contributed by atoms with van der Waals surface area (Å²) in [4.78, 5) is 24.2. The number of benzene rings is 3. The predicted molar refractivity (Wildman–Crippen MR) is 140 cm³/mol. The van der Waals surface area contributed by atoms with E-state index in [1.54, 1.807) is 66.7 Å². The second kappa shape index (κ2) is 11.9. The lowest BCUT2D eigenvalue weighted by molar-refractivity contribution is -0.120. The molecular formula is C26H28N4O5S. The topological polar surface area (TPSA) is 117 Å². The van der Waals surface area contributed by atoms with Gasteiger partial charge in [-0.15, -0.1) is 0 Å². The number of ether oxygens (including phenoxy) is 1. The van der Waals surface area contributed by atoms with E-state index in [1.807, 2.05) is 6.92 Å². The van der Waals surface area contributed by atoms with E-state index >= 15 is 0 Å². The maximum absolute atomic E-state index is 13.4. The summed E-state index contributed by atoms with van der Waals surface area (Å²) in [6.07, 6.45) is 0.